The van der Waals surface area contributed by atoms with Crippen LogP contribution in [0.4, 0.5) is 13.2 Å². The number of fused-ring (bicyclic) bond motifs is 1. The van der Waals surface area contributed by atoms with Crippen molar-refractivity contribution in [1.82, 2.24) is 10.2 Å². The number of alkyl halides is 3. The molecule has 5 rings (SSSR count). The SMILES string of the molecule is O=C(NC1COC1)c1ccc2c(c1)CN(C1=NOC(c3cc(Cl)cc(Cl)c3)(C(F)(F)F)C1)C2. The summed E-state index contributed by atoms with van der Waals surface area (Å²) >= 11 is 11.9. The van der Waals surface area contributed by atoms with Gasteiger partial charge in [0, 0.05) is 34.3 Å². The summed E-state index contributed by atoms with van der Waals surface area (Å²) in [4.78, 5) is 19.2. The molecular formula is C22H18Cl2F3N3O3. The molecule has 2 aromatic carbocycles. The van der Waals surface area contributed by atoms with Gasteiger partial charge in [0.25, 0.3) is 11.5 Å². The number of benzene rings is 2. The van der Waals surface area contributed by atoms with Gasteiger partial charge in [0.2, 0.25) is 0 Å². The highest BCUT2D eigenvalue weighted by Gasteiger charge is 2.63. The lowest BCUT2D eigenvalue weighted by molar-refractivity contribution is -0.275. The molecule has 0 saturated carbocycles. The number of amides is 1. The molecule has 174 valence electrons. The third-order valence-electron chi connectivity index (χ3n) is 6.03. The molecule has 0 aliphatic carbocycles. The Hall–Kier alpha value is -2.49. The molecule has 3 heterocycles. The van der Waals surface area contributed by atoms with Gasteiger partial charge >= 0.3 is 6.18 Å². The number of oxime groups is 1. The molecule has 1 fully saturated rings. The summed E-state index contributed by atoms with van der Waals surface area (Å²) in [7, 11) is 0. The average Bonchev–Trinajstić information content (AvgIpc) is 3.34. The van der Waals surface area contributed by atoms with Gasteiger partial charge in [-0.1, -0.05) is 34.4 Å². The highest BCUT2D eigenvalue weighted by atomic mass is 35.5. The standard InChI is InChI=1S/C22H18Cl2F3N3O3/c23-16-4-15(5-17(24)6-16)21(22(25,26)27)7-19(29-33-21)30-8-13-2-1-12(3-14(13)9-30)20(31)28-18-10-32-11-18/h1-6,18H,7-11H2,(H,28,31). The van der Waals surface area contributed by atoms with E-state index in [0.717, 1.165) is 11.1 Å². The summed E-state index contributed by atoms with van der Waals surface area (Å²) in [5.41, 5.74) is -0.629. The molecule has 0 aromatic heterocycles. The Labute approximate surface area is 197 Å². The Kier molecular flexibility index (Phi) is 5.46. The van der Waals surface area contributed by atoms with Crippen LogP contribution in [-0.4, -0.2) is 42.1 Å². The van der Waals surface area contributed by atoms with E-state index in [1.807, 2.05) is 6.07 Å². The van der Waals surface area contributed by atoms with E-state index in [2.05, 4.69) is 10.5 Å². The van der Waals surface area contributed by atoms with Crippen LogP contribution in [0.1, 0.15) is 33.5 Å². The fourth-order valence-corrected chi connectivity index (χ4v) is 4.68. The third kappa shape index (κ3) is 4.02. The molecule has 0 spiro atoms. The van der Waals surface area contributed by atoms with Crippen LogP contribution >= 0.6 is 23.2 Å². The molecule has 1 unspecified atom stereocenters. The van der Waals surface area contributed by atoms with E-state index in [9.17, 15) is 18.0 Å². The number of carbonyl (C=O) groups excluding carboxylic acids is 1. The summed E-state index contributed by atoms with van der Waals surface area (Å²) < 4.78 is 47.7. The van der Waals surface area contributed by atoms with Gasteiger partial charge in [-0.05, 0) is 41.5 Å². The van der Waals surface area contributed by atoms with Crippen LogP contribution in [0.25, 0.3) is 0 Å². The van der Waals surface area contributed by atoms with Crippen LogP contribution in [0.5, 0.6) is 0 Å². The fraction of sp³-hybridized carbons (Fsp3) is 0.364. The molecule has 0 bridgehead atoms. The van der Waals surface area contributed by atoms with Crippen LogP contribution in [0.2, 0.25) is 10.0 Å². The van der Waals surface area contributed by atoms with Crippen LogP contribution in [-0.2, 0) is 28.3 Å². The first-order valence-electron chi connectivity index (χ1n) is 10.2. The maximum atomic E-state index is 14.2. The molecule has 1 saturated heterocycles. The molecule has 3 aliphatic rings. The van der Waals surface area contributed by atoms with Crippen molar-refractivity contribution in [3.63, 3.8) is 0 Å². The van der Waals surface area contributed by atoms with Gasteiger partial charge in [-0.25, -0.2) is 0 Å². The van der Waals surface area contributed by atoms with Gasteiger partial charge < -0.3 is 19.8 Å². The maximum absolute atomic E-state index is 14.2. The molecule has 0 radical (unpaired) electrons. The molecule has 1 N–H and O–H groups in total. The summed E-state index contributed by atoms with van der Waals surface area (Å²) in [6.07, 6.45) is -5.27. The Bertz CT molecular complexity index is 1130. The molecule has 6 nitrogen and oxygen atoms in total. The minimum atomic E-state index is -4.75. The van der Waals surface area contributed by atoms with E-state index in [1.165, 1.54) is 18.2 Å². The topological polar surface area (TPSA) is 63.2 Å². The van der Waals surface area contributed by atoms with E-state index >= 15 is 0 Å². The van der Waals surface area contributed by atoms with E-state index in [1.54, 1.807) is 17.0 Å². The Balaban J connectivity index is 1.35. The Morgan fingerprint density at radius 1 is 1.09 bits per heavy atom. The molecule has 33 heavy (non-hydrogen) atoms. The highest BCUT2D eigenvalue weighted by molar-refractivity contribution is 6.34. The third-order valence-corrected chi connectivity index (χ3v) is 6.47. The lowest BCUT2D eigenvalue weighted by atomic mass is 9.89. The molecule has 1 amide bonds. The van der Waals surface area contributed by atoms with Gasteiger partial charge in [-0.3, -0.25) is 4.79 Å². The first-order chi connectivity index (χ1) is 15.6. The second-order valence-electron chi connectivity index (χ2n) is 8.31. The van der Waals surface area contributed by atoms with Crippen molar-refractivity contribution in [2.75, 3.05) is 13.2 Å². The number of amidine groups is 1. The number of carbonyl (C=O) groups is 1. The number of halogens is 5. The summed E-state index contributed by atoms with van der Waals surface area (Å²) in [6, 6.07) is 9.02. The first kappa shape index (κ1) is 22.3. The van der Waals surface area contributed by atoms with E-state index in [4.69, 9.17) is 32.8 Å². The predicted octanol–water partition coefficient (Wildman–Crippen LogP) is 4.63. The minimum Gasteiger partial charge on any atom is -0.377 e. The molecule has 11 heteroatoms. The molecule has 1 atom stereocenters. The number of nitrogens with zero attached hydrogens (tertiary/aromatic N) is 2. The van der Waals surface area contributed by atoms with Crippen LogP contribution in [0.15, 0.2) is 41.6 Å². The summed E-state index contributed by atoms with van der Waals surface area (Å²) in [5.74, 6) is -0.0442. The van der Waals surface area contributed by atoms with Crippen molar-refractivity contribution in [2.45, 2.75) is 37.3 Å². The van der Waals surface area contributed by atoms with E-state index in [-0.39, 0.29) is 33.4 Å². The van der Waals surface area contributed by atoms with Gasteiger partial charge in [0.1, 0.15) is 5.84 Å². The smallest absolute Gasteiger partial charge is 0.377 e. The molecule has 2 aromatic rings. The van der Waals surface area contributed by atoms with Gasteiger partial charge in [-0.15, -0.1) is 0 Å². The van der Waals surface area contributed by atoms with Gasteiger partial charge in [0.15, 0.2) is 0 Å². The summed E-state index contributed by atoms with van der Waals surface area (Å²) in [6.45, 7) is 1.65. The second kappa shape index (κ2) is 8.07. The van der Waals surface area contributed by atoms with Gasteiger partial charge in [0.05, 0.1) is 25.7 Å². The van der Waals surface area contributed by atoms with Crippen LogP contribution in [0, 0.1) is 0 Å². The van der Waals surface area contributed by atoms with Crippen molar-refractivity contribution in [2.24, 2.45) is 5.16 Å². The number of ether oxygens (including phenoxy) is 1. The molecule has 3 aliphatic heterocycles. The highest BCUT2D eigenvalue weighted by Crippen LogP contribution is 2.49. The zero-order valence-corrected chi connectivity index (χ0v) is 18.6. The van der Waals surface area contributed by atoms with Crippen LogP contribution in [0.3, 0.4) is 0 Å². The quantitative estimate of drug-likeness (QED) is 0.668. The van der Waals surface area contributed by atoms with E-state index < -0.39 is 18.2 Å². The zero-order valence-electron chi connectivity index (χ0n) is 17.1. The minimum absolute atomic E-state index is 0.00253. The zero-order chi connectivity index (χ0) is 23.4. The van der Waals surface area contributed by atoms with E-state index in [0.29, 0.717) is 31.9 Å². The summed E-state index contributed by atoms with van der Waals surface area (Å²) in [5, 5.41) is 6.84. The number of hydrogen-bond acceptors (Lipinski definition) is 5. The van der Waals surface area contributed by atoms with Crippen molar-refractivity contribution in [3.8, 4) is 0 Å². The van der Waals surface area contributed by atoms with Crippen LogP contribution < -0.4 is 5.32 Å². The second-order valence-corrected chi connectivity index (χ2v) is 9.18. The monoisotopic (exact) mass is 499 g/mol. The van der Waals surface area contributed by atoms with Crippen molar-refractivity contribution < 1.29 is 27.5 Å². The lowest BCUT2D eigenvalue weighted by Crippen LogP contribution is -2.48. The average molecular weight is 500 g/mol. The number of rotatable bonds is 3. The largest absolute Gasteiger partial charge is 0.435 e. The molecular weight excluding hydrogens is 482 g/mol. The Morgan fingerprint density at radius 3 is 2.42 bits per heavy atom. The van der Waals surface area contributed by atoms with Crippen molar-refractivity contribution in [3.05, 3.63) is 68.7 Å². The lowest BCUT2D eigenvalue weighted by Gasteiger charge is -2.30. The van der Waals surface area contributed by atoms with Crippen molar-refractivity contribution >= 4 is 34.9 Å². The Morgan fingerprint density at radius 2 is 1.79 bits per heavy atom. The maximum Gasteiger partial charge on any atom is 0.435 e. The van der Waals surface area contributed by atoms with Crippen molar-refractivity contribution in [1.29, 1.82) is 0 Å². The predicted molar refractivity (Wildman–Crippen MR) is 115 cm³/mol. The first-order valence-corrected chi connectivity index (χ1v) is 10.9. The normalized spacial score (nSPS) is 22.5. The van der Waals surface area contributed by atoms with Gasteiger partial charge in [-0.2, -0.15) is 13.2 Å². The number of nitrogens with one attached hydrogen (secondary N) is 1. The number of hydrogen-bond donors (Lipinski definition) is 1. The fourth-order valence-electron chi connectivity index (χ4n) is 4.15.